The summed E-state index contributed by atoms with van der Waals surface area (Å²) in [5, 5.41) is 3.32. The van der Waals surface area contributed by atoms with E-state index < -0.39 is 0 Å². The SMILES string of the molecule is CCCNCc1ccoc1COc1ccc(F)c(Br)c1. The Hall–Kier alpha value is -1.33. The minimum absolute atomic E-state index is 0.306. The number of rotatable bonds is 7. The summed E-state index contributed by atoms with van der Waals surface area (Å²) in [7, 11) is 0. The fraction of sp³-hybridized carbons (Fsp3) is 0.333. The molecule has 2 aromatic rings. The van der Waals surface area contributed by atoms with Crippen LogP contribution in [-0.2, 0) is 13.2 Å². The zero-order valence-corrected chi connectivity index (χ0v) is 12.9. The smallest absolute Gasteiger partial charge is 0.146 e. The van der Waals surface area contributed by atoms with Crippen LogP contribution in [0.15, 0.2) is 39.4 Å². The van der Waals surface area contributed by atoms with Gasteiger partial charge in [0.1, 0.15) is 23.9 Å². The molecule has 0 saturated carbocycles. The van der Waals surface area contributed by atoms with Gasteiger partial charge in [-0.15, -0.1) is 0 Å². The maximum absolute atomic E-state index is 13.1. The van der Waals surface area contributed by atoms with E-state index in [1.54, 1.807) is 18.4 Å². The molecule has 0 amide bonds. The summed E-state index contributed by atoms with van der Waals surface area (Å²) in [4.78, 5) is 0. The van der Waals surface area contributed by atoms with E-state index >= 15 is 0 Å². The first-order valence-electron chi connectivity index (χ1n) is 6.54. The first kappa shape index (κ1) is 15.1. The predicted octanol–water partition coefficient (Wildman–Crippen LogP) is 4.26. The number of furan rings is 1. The summed E-state index contributed by atoms with van der Waals surface area (Å²) in [6, 6.07) is 6.50. The molecular weight excluding hydrogens is 325 g/mol. The third kappa shape index (κ3) is 4.08. The van der Waals surface area contributed by atoms with Crippen LogP contribution >= 0.6 is 15.9 Å². The van der Waals surface area contributed by atoms with Crippen LogP contribution in [0.2, 0.25) is 0 Å². The molecular formula is C15H17BrFNO2. The third-order valence-corrected chi connectivity index (χ3v) is 3.45. The highest BCUT2D eigenvalue weighted by molar-refractivity contribution is 9.10. The van der Waals surface area contributed by atoms with Gasteiger partial charge in [0.2, 0.25) is 0 Å². The quantitative estimate of drug-likeness (QED) is 0.764. The summed E-state index contributed by atoms with van der Waals surface area (Å²) in [5.74, 6) is 1.08. The lowest BCUT2D eigenvalue weighted by molar-refractivity contribution is 0.267. The van der Waals surface area contributed by atoms with Crippen molar-refractivity contribution in [1.29, 1.82) is 0 Å². The normalized spacial score (nSPS) is 10.8. The van der Waals surface area contributed by atoms with Crippen molar-refractivity contribution >= 4 is 15.9 Å². The highest BCUT2D eigenvalue weighted by atomic mass is 79.9. The zero-order chi connectivity index (χ0) is 14.4. The van der Waals surface area contributed by atoms with Crippen molar-refractivity contribution in [2.45, 2.75) is 26.5 Å². The summed E-state index contributed by atoms with van der Waals surface area (Å²) in [6.07, 6.45) is 2.75. The van der Waals surface area contributed by atoms with Crippen LogP contribution in [0, 0.1) is 5.82 Å². The van der Waals surface area contributed by atoms with Gasteiger partial charge < -0.3 is 14.5 Å². The molecule has 0 aliphatic carbocycles. The Morgan fingerprint density at radius 3 is 2.95 bits per heavy atom. The van der Waals surface area contributed by atoms with Gasteiger partial charge in [-0.2, -0.15) is 0 Å². The molecule has 0 spiro atoms. The highest BCUT2D eigenvalue weighted by Crippen LogP contribution is 2.23. The van der Waals surface area contributed by atoms with Crippen molar-refractivity contribution in [3.8, 4) is 5.75 Å². The first-order chi connectivity index (χ1) is 9.70. The molecule has 3 nitrogen and oxygen atoms in total. The van der Waals surface area contributed by atoms with Crippen molar-refractivity contribution in [1.82, 2.24) is 5.32 Å². The maximum Gasteiger partial charge on any atom is 0.146 e. The average Bonchev–Trinajstić information content (AvgIpc) is 2.88. The lowest BCUT2D eigenvalue weighted by Gasteiger charge is -2.07. The minimum atomic E-state index is -0.306. The van der Waals surface area contributed by atoms with Crippen LogP contribution in [0.1, 0.15) is 24.7 Å². The molecule has 0 aliphatic heterocycles. The molecule has 20 heavy (non-hydrogen) atoms. The monoisotopic (exact) mass is 341 g/mol. The lowest BCUT2D eigenvalue weighted by atomic mass is 10.2. The zero-order valence-electron chi connectivity index (χ0n) is 11.3. The van der Waals surface area contributed by atoms with Gasteiger partial charge in [-0.3, -0.25) is 0 Å². The molecule has 0 fully saturated rings. The Morgan fingerprint density at radius 1 is 1.35 bits per heavy atom. The van der Waals surface area contributed by atoms with Crippen LogP contribution in [0.25, 0.3) is 0 Å². The Balaban J connectivity index is 1.93. The second-order valence-corrected chi connectivity index (χ2v) is 5.26. The Bertz CT molecular complexity index is 557. The number of hydrogen-bond acceptors (Lipinski definition) is 3. The van der Waals surface area contributed by atoms with Gasteiger partial charge in [0, 0.05) is 12.1 Å². The van der Waals surface area contributed by atoms with Crippen molar-refractivity contribution in [2.75, 3.05) is 6.54 Å². The van der Waals surface area contributed by atoms with Gasteiger partial charge in [0.05, 0.1) is 10.7 Å². The molecule has 108 valence electrons. The van der Waals surface area contributed by atoms with Gasteiger partial charge >= 0.3 is 0 Å². The van der Waals surface area contributed by atoms with E-state index in [1.165, 1.54) is 6.07 Å². The van der Waals surface area contributed by atoms with Crippen molar-refractivity contribution in [3.05, 3.63) is 52.1 Å². The standard InChI is InChI=1S/C15H17BrFNO2/c1-2-6-18-9-11-5-7-19-15(11)10-20-12-3-4-14(17)13(16)8-12/h3-5,7-8,18H,2,6,9-10H2,1H3. The van der Waals surface area contributed by atoms with Crippen LogP contribution in [-0.4, -0.2) is 6.54 Å². The molecule has 5 heteroatoms. The molecule has 1 aromatic heterocycles. The molecule has 2 rings (SSSR count). The van der Waals surface area contributed by atoms with Crippen molar-refractivity contribution < 1.29 is 13.5 Å². The number of halogens is 2. The molecule has 1 aromatic carbocycles. The van der Waals surface area contributed by atoms with Gasteiger partial charge in [0.15, 0.2) is 0 Å². The number of nitrogens with one attached hydrogen (secondary N) is 1. The van der Waals surface area contributed by atoms with E-state index in [9.17, 15) is 4.39 Å². The molecule has 1 heterocycles. The van der Waals surface area contributed by atoms with E-state index in [0.717, 1.165) is 30.8 Å². The van der Waals surface area contributed by atoms with Crippen LogP contribution in [0.4, 0.5) is 4.39 Å². The van der Waals surface area contributed by atoms with Crippen molar-refractivity contribution in [3.63, 3.8) is 0 Å². The van der Waals surface area contributed by atoms with Gasteiger partial charge in [-0.25, -0.2) is 4.39 Å². The molecule has 0 radical (unpaired) electrons. The average molecular weight is 342 g/mol. The molecule has 1 N–H and O–H groups in total. The molecule has 0 bridgehead atoms. The molecule has 0 atom stereocenters. The van der Waals surface area contributed by atoms with Crippen molar-refractivity contribution in [2.24, 2.45) is 0 Å². The molecule has 0 aliphatic rings. The fourth-order valence-electron chi connectivity index (χ4n) is 1.77. The number of benzene rings is 1. The highest BCUT2D eigenvalue weighted by Gasteiger charge is 2.08. The van der Waals surface area contributed by atoms with Crippen LogP contribution in [0.5, 0.6) is 5.75 Å². The van der Waals surface area contributed by atoms with E-state index in [1.807, 2.05) is 6.07 Å². The molecule has 0 saturated heterocycles. The van der Waals surface area contributed by atoms with Crippen LogP contribution in [0.3, 0.4) is 0 Å². The van der Waals surface area contributed by atoms with E-state index in [-0.39, 0.29) is 5.82 Å². The summed E-state index contributed by atoms with van der Waals surface area (Å²) in [5.41, 5.74) is 1.08. The van der Waals surface area contributed by atoms with Gasteiger partial charge in [-0.1, -0.05) is 6.92 Å². The minimum Gasteiger partial charge on any atom is -0.486 e. The maximum atomic E-state index is 13.1. The largest absolute Gasteiger partial charge is 0.486 e. The Labute approximate surface area is 126 Å². The molecule has 0 unspecified atom stereocenters. The van der Waals surface area contributed by atoms with E-state index in [2.05, 4.69) is 28.2 Å². The summed E-state index contributed by atoms with van der Waals surface area (Å²) in [6.45, 7) is 4.18. The second-order valence-electron chi connectivity index (χ2n) is 4.41. The lowest BCUT2D eigenvalue weighted by Crippen LogP contribution is -2.14. The predicted molar refractivity (Wildman–Crippen MR) is 79.1 cm³/mol. The Morgan fingerprint density at radius 2 is 2.20 bits per heavy atom. The summed E-state index contributed by atoms with van der Waals surface area (Å²) < 4.78 is 24.5. The third-order valence-electron chi connectivity index (χ3n) is 2.84. The summed E-state index contributed by atoms with van der Waals surface area (Å²) >= 11 is 3.13. The fourth-order valence-corrected chi connectivity index (χ4v) is 2.12. The first-order valence-corrected chi connectivity index (χ1v) is 7.33. The van der Waals surface area contributed by atoms with Gasteiger partial charge in [0.25, 0.3) is 0 Å². The van der Waals surface area contributed by atoms with E-state index in [0.29, 0.717) is 16.8 Å². The second kappa shape index (κ2) is 7.45. The van der Waals surface area contributed by atoms with Crippen LogP contribution < -0.4 is 10.1 Å². The number of ether oxygens (including phenoxy) is 1. The Kier molecular flexibility index (Phi) is 5.61. The van der Waals surface area contributed by atoms with E-state index in [4.69, 9.17) is 9.15 Å². The number of hydrogen-bond donors (Lipinski definition) is 1. The topological polar surface area (TPSA) is 34.4 Å². The van der Waals surface area contributed by atoms with Gasteiger partial charge in [-0.05, 0) is 53.2 Å².